The molecule has 3 nitrogen and oxygen atoms in total. The van der Waals surface area contributed by atoms with Crippen molar-refractivity contribution < 1.29 is 9.53 Å². The van der Waals surface area contributed by atoms with Gasteiger partial charge in [0.25, 0.3) is 0 Å². The topological polar surface area (TPSA) is 52.3 Å². The van der Waals surface area contributed by atoms with E-state index in [2.05, 4.69) is 0 Å². The van der Waals surface area contributed by atoms with E-state index in [1.54, 1.807) is 13.0 Å². The van der Waals surface area contributed by atoms with Crippen molar-refractivity contribution in [1.29, 1.82) is 0 Å². The Morgan fingerprint density at radius 1 is 1.60 bits per heavy atom. The highest BCUT2D eigenvalue weighted by Gasteiger charge is 2.21. The number of carbonyl (C=O) groups is 1. The van der Waals surface area contributed by atoms with E-state index in [4.69, 9.17) is 10.5 Å². The van der Waals surface area contributed by atoms with Gasteiger partial charge in [-0.1, -0.05) is 0 Å². The first kappa shape index (κ1) is 10.2. The molecule has 2 rings (SSSR count). The summed E-state index contributed by atoms with van der Waals surface area (Å²) < 4.78 is 5.56. The maximum Gasteiger partial charge on any atom is 0.179 e. The third-order valence-corrected chi connectivity index (χ3v) is 2.59. The number of fused-ring (bicyclic) bond motifs is 1. The van der Waals surface area contributed by atoms with Crippen LogP contribution in [0.4, 0.5) is 0 Å². The summed E-state index contributed by atoms with van der Waals surface area (Å²) in [5, 5.41) is 0. The number of benzene rings is 1. The lowest BCUT2D eigenvalue weighted by Crippen LogP contribution is -2.26. The average molecular weight is 205 g/mol. The second-order valence-corrected chi connectivity index (χ2v) is 4.11. The van der Waals surface area contributed by atoms with Crippen LogP contribution in [-0.2, 0) is 6.42 Å². The van der Waals surface area contributed by atoms with E-state index in [-0.39, 0.29) is 11.9 Å². The van der Waals surface area contributed by atoms with Crippen molar-refractivity contribution in [3.05, 3.63) is 29.3 Å². The molecule has 0 aromatic heterocycles. The van der Waals surface area contributed by atoms with E-state index in [9.17, 15) is 4.79 Å². The van der Waals surface area contributed by atoms with Gasteiger partial charge in [-0.2, -0.15) is 0 Å². The molecule has 2 N–H and O–H groups in total. The molecule has 2 unspecified atom stereocenters. The molecule has 2 atom stereocenters. The Bertz CT molecular complexity index is 399. The summed E-state index contributed by atoms with van der Waals surface area (Å²) in [6.07, 6.45) is 1.08. The number of hydrogen-bond acceptors (Lipinski definition) is 3. The van der Waals surface area contributed by atoms with Gasteiger partial charge < -0.3 is 10.5 Å². The lowest BCUT2D eigenvalue weighted by atomic mass is 10.0. The molecule has 0 bridgehead atoms. The Hall–Kier alpha value is -1.35. The highest BCUT2D eigenvalue weighted by atomic mass is 16.5. The van der Waals surface area contributed by atoms with E-state index < -0.39 is 6.04 Å². The minimum atomic E-state index is -0.442. The fourth-order valence-corrected chi connectivity index (χ4v) is 1.84. The molecule has 1 aromatic carbocycles. The molecule has 0 aliphatic carbocycles. The maximum atomic E-state index is 11.7. The summed E-state index contributed by atoms with van der Waals surface area (Å²) in [6, 6.07) is 5.09. The number of carbonyl (C=O) groups excluding carboxylic acids is 1. The predicted octanol–water partition coefficient (Wildman–Crippen LogP) is 1.54. The lowest BCUT2D eigenvalue weighted by molar-refractivity contribution is 0.0968. The first-order valence-electron chi connectivity index (χ1n) is 5.17. The molecule has 0 amide bonds. The molecule has 0 radical (unpaired) electrons. The number of Topliss-reactive ketones (excluding diaryl/α,β-unsaturated/α-hetero) is 1. The molecule has 0 spiro atoms. The van der Waals surface area contributed by atoms with Gasteiger partial charge >= 0.3 is 0 Å². The van der Waals surface area contributed by atoms with Gasteiger partial charge in [0, 0.05) is 12.0 Å². The van der Waals surface area contributed by atoms with Crippen molar-refractivity contribution in [2.24, 2.45) is 5.73 Å². The zero-order valence-corrected chi connectivity index (χ0v) is 8.99. The standard InChI is InChI=1S/C12H15NO2/c1-7-5-10-6-9(12(14)8(2)13)3-4-11(10)15-7/h3-4,6-8H,5,13H2,1-2H3. The van der Waals surface area contributed by atoms with Gasteiger partial charge in [0.15, 0.2) is 5.78 Å². The summed E-state index contributed by atoms with van der Waals surface area (Å²) in [7, 11) is 0. The number of ketones is 1. The van der Waals surface area contributed by atoms with Crippen LogP contribution in [0.25, 0.3) is 0 Å². The highest BCUT2D eigenvalue weighted by molar-refractivity contribution is 6.00. The van der Waals surface area contributed by atoms with E-state index in [0.29, 0.717) is 5.56 Å². The molecule has 15 heavy (non-hydrogen) atoms. The molecular weight excluding hydrogens is 190 g/mol. The summed E-state index contributed by atoms with van der Waals surface area (Å²) in [5.41, 5.74) is 7.35. The van der Waals surface area contributed by atoms with Crippen molar-refractivity contribution in [3.8, 4) is 5.75 Å². The summed E-state index contributed by atoms with van der Waals surface area (Å²) >= 11 is 0. The fourth-order valence-electron chi connectivity index (χ4n) is 1.84. The molecule has 80 valence electrons. The normalized spacial score (nSPS) is 20.6. The van der Waals surface area contributed by atoms with Crippen LogP contribution in [0.1, 0.15) is 29.8 Å². The minimum absolute atomic E-state index is 0.0163. The molecule has 1 aliphatic rings. The van der Waals surface area contributed by atoms with Crippen LogP contribution >= 0.6 is 0 Å². The van der Waals surface area contributed by atoms with Gasteiger partial charge in [0.2, 0.25) is 0 Å². The molecule has 0 saturated heterocycles. The van der Waals surface area contributed by atoms with Crippen molar-refractivity contribution in [2.45, 2.75) is 32.4 Å². The van der Waals surface area contributed by atoms with Gasteiger partial charge in [-0.05, 0) is 37.6 Å². The summed E-state index contributed by atoms with van der Waals surface area (Å²) in [4.78, 5) is 11.7. The SMILES string of the molecule is CC1Cc2cc(C(=O)C(C)N)ccc2O1. The highest BCUT2D eigenvalue weighted by Crippen LogP contribution is 2.29. The van der Waals surface area contributed by atoms with Gasteiger partial charge in [-0.25, -0.2) is 0 Å². The van der Waals surface area contributed by atoms with E-state index >= 15 is 0 Å². The van der Waals surface area contributed by atoms with E-state index in [1.807, 2.05) is 19.1 Å². The molecule has 1 heterocycles. The second-order valence-electron chi connectivity index (χ2n) is 4.11. The predicted molar refractivity (Wildman–Crippen MR) is 58.2 cm³/mol. The largest absolute Gasteiger partial charge is 0.490 e. The average Bonchev–Trinajstić information content (AvgIpc) is 2.55. The van der Waals surface area contributed by atoms with Gasteiger partial charge in [-0.15, -0.1) is 0 Å². The van der Waals surface area contributed by atoms with Crippen LogP contribution in [0.2, 0.25) is 0 Å². The fraction of sp³-hybridized carbons (Fsp3) is 0.417. The molecule has 0 fully saturated rings. The van der Waals surface area contributed by atoms with E-state index in [0.717, 1.165) is 17.7 Å². The van der Waals surface area contributed by atoms with Crippen molar-refractivity contribution >= 4 is 5.78 Å². The number of hydrogen-bond donors (Lipinski definition) is 1. The number of nitrogens with two attached hydrogens (primary N) is 1. The summed E-state index contributed by atoms with van der Waals surface area (Å²) in [5.74, 6) is 0.876. The van der Waals surface area contributed by atoms with Crippen LogP contribution in [0.5, 0.6) is 5.75 Å². The van der Waals surface area contributed by atoms with Crippen molar-refractivity contribution in [2.75, 3.05) is 0 Å². The second kappa shape index (κ2) is 3.66. The Morgan fingerprint density at radius 3 is 3.00 bits per heavy atom. The third kappa shape index (κ3) is 1.88. The molecule has 1 aromatic rings. The number of ether oxygens (including phenoxy) is 1. The van der Waals surface area contributed by atoms with E-state index in [1.165, 1.54) is 0 Å². The smallest absolute Gasteiger partial charge is 0.179 e. The van der Waals surface area contributed by atoms with Crippen LogP contribution in [0.3, 0.4) is 0 Å². The quantitative estimate of drug-likeness (QED) is 0.745. The van der Waals surface area contributed by atoms with Crippen LogP contribution in [0.15, 0.2) is 18.2 Å². The van der Waals surface area contributed by atoms with Crippen molar-refractivity contribution in [1.82, 2.24) is 0 Å². The van der Waals surface area contributed by atoms with Gasteiger partial charge in [0.1, 0.15) is 11.9 Å². The van der Waals surface area contributed by atoms with Crippen LogP contribution in [0, 0.1) is 0 Å². The van der Waals surface area contributed by atoms with Crippen LogP contribution < -0.4 is 10.5 Å². The first-order valence-corrected chi connectivity index (χ1v) is 5.17. The molecule has 3 heteroatoms. The Morgan fingerprint density at radius 2 is 2.33 bits per heavy atom. The minimum Gasteiger partial charge on any atom is -0.490 e. The zero-order valence-electron chi connectivity index (χ0n) is 8.99. The van der Waals surface area contributed by atoms with Crippen molar-refractivity contribution in [3.63, 3.8) is 0 Å². The Labute approximate surface area is 89.2 Å². The lowest BCUT2D eigenvalue weighted by Gasteiger charge is -2.05. The monoisotopic (exact) mass is 205 g/mol. The van der Waals surface area contributed by atoms with Gasteiger partial charge in [-0.3, -0.25) is 4.79 Å². The Kier molecular flexibility index (Phi) is 2.49. The zero-order chi connectivity index (χ0) is 11.0. The van der Waals surface area contributed by atoms with Crippen LogP contribution in [-0.4, -0.2) is 17.9 Å². The maximum absolute atomic E-state index is 11.7. The first-order chi connectivity index (χ1) is 7.08. The Balaban J connectivity index is 2.31. The third-order valence-electron chi connectivity index (χ3n) is 2.59. The molecule has 0 saturated carbocycles. The summed E-state index contributed by atoms with van der Waals surface area (Å²) in [6.45, 7) is 3.72. The molecule has 1 aliphatic heterocycles. The van der Waals surface area contributed by atoms with Gasteiger partial charge in [0.05, 0.1) is 6.04 Å². The number of rotatable bonds is 2. The molecular formula is C12H15NO2.